The van der Waals surface area contributed by atoms with Gasteiger partial charge in [0.1, 0.15) is 58.0 Å². The number of nitrogens with one attached hydrogen (secondary N) is 1. The van der Waals surface area contributed by atoms with Crippen LogP contribution in [0.15, 0.2) is 121 Å². The Hall–Kier alpha value is -4.36. The molecular formula is C43H42F2N2P2+2. The molecule has 49 heavy (non-hydrogen) atoms. The van der Waals surface area contributed by atoms with E-state index < -0.39 is 14.5 Å². The zero-order valence-corrected chi connectivity index (χ0v) is 30.9. The van der Waals surface area contributed by atoms with Crippen LogP contribution in [-0.4, -0.2) is 20.4 Å². The van der Waals surface area contributed by atoms with Gasteiger partial charge in [-0.05, 0) is 147 Å². The lowest BCUT2D eigenvalue weighted by molar-refractivity contribution is 0.628. The summed E-state index contributed by atoms with van der Waals surface area (Å²) in [6, 6.07) is 41.2. The minimum absolute atomic E-state index is 0.244. The lowest BCUT2D eigenvalue weighted by Crippen LogP contribution is -2.38. The normalized spacial score (nSPS) is 18.6. The first-order valence-corrected chi connectivity index (χ1v) is 21.1. The van der Waals surface area contributed by atoms with Gasteiger partial charge in [0.25, 0.3) is 0 Å². The van der Waals surface area contributed by atoms with Crippen molar-refractivity contribution >= 4 is 69.1 Å². The predicted molar refractivity (Wildman–Crippen MR) is 212 cm³/mol. The molecule has 0 saturated carbocycles. The Morgan fingerprint density at radius 3 is 1.18 bits per heavy atom. The van der Waals surface area contributed by atoms with E-state index >= 15 is 0 Å². The van der Waals surface area contributed by atoms with Crippen LogP contribution in [0.4, 0.5) is 31.5 Å². The lowest BCUT2D eigenvalue weighted by atomic mass is 10.1. The molecule has 6 aromatic rings. The Balaban J connectivity index is 1.67. The number of anilines is 4. The molecule has 2 nitrogen and oxygen atoms in total. The molecule has 6 heteroatoms. The van der Waals surface area contributed by atoms with Crippen LogP contribution >= 0.6 is 14.5 Å². The van der Waals surface area contributed by atoms with Crippen LogP contribution < -0.4 is 42.0 Å². The van der Waals surface area contributed by atoms with Crippen molar-refractivity contribution in [2.75, 3.05) is 30.6 Å². The van der Waals surface area contributed by atoms with Gasteiger partial charge >= 0.3 is 0 Å². The number of benzene rings is 6. The van der Waals surface area contributed by atoms with E-state index in [0.717, 1.165) is 44.5 Å². The third kappa shape index (κ3) is 5.66. The summed E-state index contributed by atoms with van der Waals surface area (Å²) in [4.78, 5) is 2.35. The van der Waals surface area contributed by atoms with E-state index in [2.05, 4.69) is 131 Å². The highest BCUT2D eigenvalue weighted by Crippen LogP contribution is 2.59. The maximum Gasteiger partial charge on any atom is 0.128 e. The Kier molecular flexibility index (Phi) is 8.46. The average Bonchev–Trinajstić information content (AvgIpc) is 3.08. The lowest BCUT2D eigenvalue weighted by Gasteiger charge is -2.34. The van der Waals surface area contributed by atoms with Crippen molar-refractivity contribution in [1.82, 2.24) is 0 Å². The molecule has 1 aliphatic rings. The summed E-state index contributed by atoms with van der Waals surface area (Å²) >= 11 is 0. The minimum atomic E-state index is -2.40. The summed E-state index contributed by atoms with van der Waals surface area (Å²) in [6.45, 7) is 13.3. The van der Waals surface area contributed by atoms with Crippen LogP contribution in [0, 0.1) is 39.3 Å². The summed E-state index contributed by atoms with van der Waals surface area (Å²) in [5.41, 5.74) is 8.94. The Morgan fingerprint density at radius 1 is 0.449 bits per heavy atom. The first-order chi connectivity index (χ1) is 23.4. The van der Waals surface area contributed by atoms with Gasteiger partial charge in [-0.3, -0.25) is 0 Å². The quantitative estimate of drug-likeness (QED) is 0.183. The van der Waals surface area contributed by atoms with Crippen molar-refractivity contribution in [3.63, 3.8) is 0 Å². The summed E-state index contributed by atoms with van der Waals surface area (Å²) in [7, 11) is -2.62. The van der Waals surface area contributed by atoms with Crippen molar-refractivity contribution in [1.29, 1.82) is 0 Å². The van der Waals surface area contributed by atoms with Gasteiger partial charge in [0, 0.05) is 7.05 Å². The molecule has 0 saturated heterocycles. The Bertz CT molecular complexity index is 2060. The standard InChI is InChI=1S/C43H42F2N2P2/c1-28-10-22-40-36(24-28)46-37-25-29(2)11-23-41(37)49(7,35-18-14-33(45)15-19-35)43-27-31(4)9-21-39(43)47(5)38-20-8-30(3)26-42(38)48(40,6)34-16-12-32(44)13-17-34/h8-27,46H,1-7H3/q+2. The van der Waals surface area contributed by atoms with E-state index in [-0.39, 0.29) is 11.6 Å². The van der Waals surface area contributed by atoms with Gasteiger partial charge in [0.15, 0.2) is 0 Å². The van der Waals surface area contributed by atoms with Crippen molar-refractivity contribution in [3.05, 3.63) is 155 Å². The molecule has 0 amide bonds. The monoisotopic (exact) mass is 686 g/mol. The SMILES string of the molecule is Cc1ccc2c(c1)Nc1cc(C)ccc1[P+](C)(c1ccc(F)cc1)c1cc(C)ccc1N(C)c1ccc(C)cc1[P+]2(C)c1ccc(F)cc1. The van der Waals surface area contributed by atoms with E-state index in [1.807, 2.05) is 24.3 Å². The highest BCUT2D eigenvalue weighted by Gasteiger charge is 2.49. The fraction of sp³-hybridized carbons (Fsp3) is 0.163. The highest BCUT2D eigenvalue weighted by molar-refractivity contribution is 7.96. The van der Waals surface area contributed by atoms with E-state index in [4.69, 9.17) is 0 Å². The maximum absolute atomic E-state index is 14.5. The van der Waals surface area contributed by atoms with Crippen LogP contribution in [0.3, 0.4) is 0 Å². The van der Waals surface area contributed by atoms with Gasteiger partial charge in [-0.25, -0.2) is 8.78 Å². The molecular weight excluding hydrogens is 644 g/mol. The van der Waals surface area contributed by atoms with Crippen LogP contribution in [-0.2, 0) is 0 Å². The third-order valence-electron chi connectivity index (χ3n) is 10.2. The molecule has 2 unspecified atom stereocenters. The van der Waals surface area contributed by atoms with Crippen molar-refractivity contribution in [3.8, 4) is 0 Å². The smallest absolute Gasteiger partial charge is 0.128 e. The molecule has 0 spiro atoms. The van der Waals surface area contributed by atoms with E-state index in [9.17, 15) is 8.78 Å². The van der Waals surface area contributed by atoms with Gasteiger partial charge in [0.05, 0.1) is 36.1 Å². The van der Waals surface area contributed by atoms with Gasteiger partial charge < -0.3 is 10.2 Å². The zero-order chi connectivity index (χ0) is 34.7. The second-order valence-corrected chi connectivity index (χ2v) is 20.7. The second-order valence-electron chi connectivity index (χ2n) is 13.7. The number of aryl methyl sites for hydroxylation is 4. The van der Waals surface area contributed by atoms with Crippen LogP contribution in [0.1, 0.15) is 22.3 Å². The number of rotatable bonds is 2. The molecule has 6 aromatic carbocycles. The number of hydrogen-bond donors (Lipinski definition) is 1. The molecule has 0 bridgehead atoms. The Morgan fingerprint density at radius 2 is 0.796 bits per heavy atom. The van der Waals surface area contributed by atoms with Gasteiger partial charge in [-0.2, -0.15) is 0 Å². The van der Waals surface area contributed by atoms with Gasteiger partial charge in [-0.1, -0.05) is 24.3 Å². The van der Waals surface area contributed by atoms with Gasteiger partial charge in [0.2, 0.25) is 0 Å². The first kappa shape index (κ1) is 33.2. The van der Waals surface area contributed by atoms with Crippen LogP contribution in [0.5, 0.6) is 0 Å². The largest absolute Gasteiger partial charge is 0.349 e. The molecule has 1 N–H and O–H groups in total. The molecule has 0 aliphatic carbocycles. The van der Waals surface area contributed by atoms with Crippen LogP contribution in [0.25, 0.3) is 0 Å². The molecule has 0 radical (unpaired) electrons. The fourth-order valence-electron chi connectivity index (χ4n) is 7.40. The molecule has 7 rings (SSSR count). The summed E-state index contributed by atoms with van der Waals surface area (Å²) in [5.74, 6) is -0.488. The fourth-order valence-corrected chi connectivity index (χ4v) is 14.8. The molecule has 0 fully saturated rings. The second kappa shape index (κ2) is 12.5. The number of halogens is 2. The third-order valence-corrected chi connectivity index (χ3v) is 18.2. The number of fused-ring (bicyclic) bond motifs is 4. The van der Waals surface area contributed by atoms with Crippen molar-refractivity contribution in [2.24, 2.45) is 0 Å². The predicted octanol–water partition coefficient (Wildman–Crippen LogP) is 8.87. The van der Waals surface area contributed by atoms with Crippen molar-refractivity contribution < 1.29 is 8.78 Å². The summed E-state index contributed by atoms with van der Waals surface area (Å²) in [6.07, 6.45) is 0. The number of nitrogens with zero attached hydrogens (tertiary/aromatic N) is 1. The molecule has 1 heterocycles. The highest BCUT2D eigenvalue weighted by atomic mass is 31.2. The molecule has 2 atom stereocenters. The Labute approximate surface area is 290 Å². The zero-order valence-electron chi connectivity index (χ0n) is 29.1. The van der Waals surface area contributed by atoms with E-state index in [0.29, 0.717) is 0 Å². The van der Waals surface area contributed by atoms with E-state index in [1.54, 1.807) is 24.3 Å². The van der Waals surface area contributed by atoms with Gasteiger partial charge in [-0.15, -0.1) is 0 Å². The minimum Gasteiger partial charge on any atom is -0.349 e. The number of hydrogen-bond acceptors (Lipinski definition) is 2. The topological polar surface area (TPSA) is 15.3 Å². The van der Waals surface area contributed by atoms with Crippen molar-refractivity contribution in [2.45, 2.75) is 27.7 Å². The summed E-state index contributed by atoms with van der Waals surface area (Å²) in [5, 5.41) is 11.1. The molecule has 1 aliphatic heterocycles. The maximum atomic E-state index is 14.5. The van der Waals surface area contributed by atoms with E-state index in [1.165, 1.54) is 32.3 Å². The summed E-state index contributed by atoms with van der Waals surface area (Å²) < 4.78 is 29.0. The average molecular weight is 687 g/mol. The molecule has 246 valence electrons. The molecule has 0 aromatic heterocycles. The first-order valence-electron chi connectivity index (χ1n) is 16.6. The van der Waals surface area contributed by atoms with Crippen LogP contribution in [0.2, 0.25) is 0 Å².